The molecule has 0 spiro atoms. The SMILES string of the molecule is CCOC(=O)OCCCO. The Balaban J connectivity index is 3.05. The summed E-state index contributed by atoms with van der Waals surface area (Å²) in [4.78, 5) is 10.4. The Hall–Kier alpha value is -0.770. The third-order valence-corrected chi connectivity index (χ3v) is 0.785. The molecule has 0 rings (SSSR count). The van der Waals surface area contributed by atoms with Gasteiger partial charge in [-0.05, 0) is 6.92 Å². The standard InChI is InChI=1S/C6H12O4/c1-2-9-6(8)10-5-3-4-7/h7H,2-5H2,1H3. The molecule has 0 atom stereocenters. The van der Waals surface area contributed by atoms with Gasteiger partial charge in [0.05, 0.1) is 13.2 Å². The molecule has 0 saturated carbocycles. The van der Waals surface area contributed by atoms with Crippen molar-refractivity contribution in [1.29, 1.82) is 0 Å². The summed E-state index contributed by atoms with van der Waals surface area (Å²) in [5.41, 5.74) is 0. The molecule has 0 unspecified atom stereocenters. The second-order valence-corrected chi connectivity index (χ2v) is 1.61. The fourth-order valence-corrected chi connectivity index (χ4v) is 0.380. The van der Waals surface area contributed by atoms with Gasteiger partial charge in [0.1, 0.15) is 0 Å². The van der Waals surface area contributed by atoms with Crippen LogP contribution in [-0.2, 0) is 9.47 Å². The highest BCUT2D eigenvalue weighted by Gasteiger charge is 1.99. The maximum absolute atomic E-state index is 10.4. The van der Waals surface area contributed by atoms with Crippen LogP contribution in [0.1, 0.15) is 13.3 Å². The van der Waals surface area contributed by atoms with Crippen LogP contribution in [0.3, 0.4) is 0 Å². The van der Waals surface area contributed by atoms with E-state index >= 15 is 0 Å². The summed E-state index contributed by atoms with van der Waals surface area (Å²) in [5.74, 6) is 0. The third kappa shape index (κ3) is 5.37. The molecule has 0 aliphatic rings. The maximum Gasteiger partial charge on any atom is 0.508 e. The highest BCUT2D eigenvalue weighted by molar-refractivity contribution is 5.59. The Morgan fingerprint density at radius 3 is 2.70 bits per heavy atom. The van der Waals surface area contributed by atoms with Gasteiger partial charge in [-0.25, -0.2) is 4.79 Å². The highest BCUT2D eigenvalue weighted by Crippen LogP contribution is 1.86. The van der Waals surface area contributed by atoms with E-state index in [1.165, 1.54) is 0 Å². The van der Waals surface area contributed by atoms with E-state index in [9.17, 15) is 4.79 Å². The first-order valence-corrected chi connectivity index (χ1v) is 3.21. The van der Waals surface area contributed by atoms with E-state index in [0.717, 1.165) is 0 Å². The van der Waals surface area contributed by atoms with Gasteiger partial charge in [0, 0.05) is 13.0 Å². The summed E-state index contributed by atoms with van der Waals surface area (Å²) in [6.07, 6.45) is -0.213. The van der Waals surface area contributed by atoms with E-state index in [1.54, 1.807) is 6.92 Å². The second-order valence-electron chi connectivity index (χ2n) is 1.61. The normalized spacial score (nSPS) is 9.00. The fraction of sp³-hybridized carbons (Fsp3) is 0.833. The second kappa shape index (κ2) is 6.35. The lowest BCUT2D eigenvalue weighted by atomic mass is 10.5. The van der Waals surface area contributed by atoms with Crippen LogP contribution in [-0.4, -0.2) is 31.1 Å². The first-order chi connectivity index (χ1) is 4.81. The molecule has 10 heavy (non-hydrogen) atoms. The van der Waals surface area contributed by atoms with Crippen LogP contribution in [0, 0.1) is 0 Å². The van der Waals surface area contributed by atoms with Crippen LogP contribution < -0.4 is 0 Å². The molecular formula is C6H12O4. The molecule has 0 aliphatic carbocycles. The average molecular weight is 148 g/mol. The minimum atomic E-state index is -0.670. The molecule has 60 valence electrons. The zero-order chi connectivity index (χ0) is 7.82. The summed E-state index contributed by atoms with van der Waals surface area (Å²) in [6.45, 7) is 2.26. The summed E-state index contributed by atoms with van der Waals surface area (Å²) in [7, 11) is 0. The van der Waals surface area contributed by atoms with Gasteiger partial charge >= 0.3 is 6.16 Å². The summed E-state index contributed by atoms with van der Waals surface area (Å²) < 4.78 is 8.95. The van der Waals surface area contributed by atoms with Crippen LogP contribution in [0.25, 0.3) is 0 Å². The molecule has 0 heterocycles. The van der Waals surface area contributed by atoms with Crippen LogP contribution >= 0.6 is 0 Å². The molecule has 0 aromatic carbocycles. The topological polar surface area (TPSA) is 55.8 Å². The van der Waals surface area contributed by atoms with Crippen molar-refractivity contribution >= 4 is 6.16 Å². The van der Waals surface area contributed by atoms with Crippen molar-refractivity contribution in [2.75, 3.05) is 19.8 Å². The van der Waals surface area contributed by atoms with Crippen molar-refractivity contribution in [2.45, 2.75) is 13.3 Å². The molecule has 1 N–H and O–H groups in total. The Kier molecular flexibility index (Phi) is 5.86. The Labute approximate surface area is 59.7 Å². The Morgan fingerprint density at radius 1 is 1.50 bits per heavy atom. The van der Waals surface area contributed by atoms with E-state index in [-0.39, 0.29) is 13.2 Å². The number of ether oxygens (including phenoxy) is 2. The van der Waals surface area contributed by atoms with Crippen molar-refractivity contribution in [3.05, 3.63) is 0 Å². The minimum absolute atomic E-state index is 0.0272. The molecule has 0 aromatic rings. The highest BCUT2D eigenvalue weighted by atomic mass is 16.7. The lowest BCUT2D eigenvalue weighted by Gasteiger charge is -2.01. The number of aliphatic hydroxyl groups excluding tert-OH is 1. The molecular weight excluding hydrogens is 136 g/mol. The van der Waals surface area contributed by atoms with Crippen LogP contribution in [0.4, 0.5) is 4.79 Å². The van der Waals surface area contributed by atoms with Crippen molar-refractivity contribution in [1.82, 2.24) is 0 Å². The van der Waals surface area contributed by atoms with E-state index in [0.29, 0.717) is 13.0 Å². The third-order valence-electron chi connectivity index (χ3n) is 0.785. The molecule has 0 saturated heterocycles. The van der Waals surface area contributed by atoms with Crippen LogP contribution in [0.15, 0.2) is 0 Å². The number of carbonyl (C=O) groups excluding carboxylic acids is 1. The predicted molar refractivity (Wildman–Crippen MR) is 34.7 cm³/mol. The fourth-order valence-electron chi connectivity index (χ4n) is 0.380. The quantitative estimate of drug-likeness (QED) is 0.467. The Bertz CT molecular complexity index is 91.7. The number of rotatable bonds is 4. The molecule has 0 radical (unpaired) electrons. The van der Waals surface area contributed by atoms with Crippen molar-refractivity contribution in [3.8, 4) is 0 Å². The van der Waals surface area contributed by atoms with Crippen molar-refractivity contribution < 1.29 is 19.4 Å². The predicted octanol–water partition coefficient (Wildman–Crippen LogP) is 0.542. The van der Waals surface area contributed by atoms with Crippen molar-refractivity contribution in [2.24, 2.45) is 0 Å². The minimum Gasteiger partial charge on any atom is -0.435 e. The molecule has 0 fully saturated rings. The first-order valence-electron chi connectivity index (χ1n) is 3.21. The van der Waals surface area contributed by atoms with E-state index in [2.05, 4.69) is 9.47 Å². The summed E-state index contributed by atoms with van der Waals surface area (Å²) >= 11 is 0. The van der Waals surface area contributed by atoms with Gasteiger partial charge in [-0.2, -0.15) is 0 Å². The van der Waals surface area contributed by atoms with Gasteiger partial charge in [-0.3, -0.25) is 0 Å². The lowest BCUT2D eigenvalue weighted by Crippen LogP contribution is -2.08. The molecule has 4 nitrogen and oxygen atoms in total. The zero-order valence-corrected chi connectivity index (χ0v) is 6.00. The zero-order valence-electron chi connectivity index (χ0n) is 6.00. The Morgan fingerprint density at radius 2 is 2.20 bits per heavy atom. The van der Waals surface area contributed by atoms with Crippen LogP contribution in [0.2, 0.25) is 0 Å². The van der Waals surface area contributed by atoms with Crippen molar-refractivity contribution in [3.63, 3.8) is 0 Å². The number of hydrogen-bond donors (Lipinski definition) is 1. The number of aliphatic hydroxyl groups is 1. The molecule has 0 aromatic heterocycles. The van der Waals surface area contributed by atoms with Gasteiger partial charge in [0.25, 0.3) is 0 Å². The smallest absolute Gasteiger partial charge is 0.435 e. The number of hydrogen-bond acceptors (Lipinski definition) is 4. The van der Waals surface area contributed by atoms with E-state index < -0.39 is 6.16 Å². The van der Waals surface area contributed by atoms with Gasteiger partial charge in [-0.15, -0.1) is 0 Å². The lowest BCUT2D eigenvalue weighted by molar-refractivity contribution is 0.0549. The first kappa shape index (κ1) is 9.23. The van der Waals surface area contributed by atoms with E-state index in [4.69, 9.17) is 5.11 Å². The summed E-state index contributed by atoms with van der Waals surface area (Å²) in [6, 6.07) is 0. The molecule has 4 heteroatoms. The molecule has 0 amide bonds. The molecule has 0 bridgehead atoms. The maximum atomic E-state index is 10.4. The number of carbonyl (C=O) groups is 1. The largest absolute Gasteiger partial charge is 0.508 e. The molecule has 0 aliphatic heterocycles. The monoisotopic (exact) mass is 148 g/mol. The summed E-state index contributed by atoms with van der Waals surface area (Å²) in [5, 5.41) is 8.28. The van der Waals surface area contributed by atoms with Gasteiger partial charge in [-0.1, -0.05) is 0 Å². The van der Waals surface area contributed by atoms with Gasteiger partial charge < -0.3 is 14.6 Å². The van der Waals surface area contributed by atoms with E-state index in [1.807, 2.05) is 0 Å². The van der Waals surface area contributed by atoms with Gasteiger partial charge in [0.2, 0.25) is 0 Å². The van der Waals surface area contributed by atoms with Crippen LogP contribution in [0.5, 0.6) is 0 Å². The van der Waals surface area contributed by atoms with Gasteiger partial charge in [0.15, 0.2) is 0 Å². The average Bonchev–Trinajstić information content (AvgIpc) is 1.89.